The second-order valence-corrected chi connectivity index (χ2v) is 16.2. The van der Waals surface area contributed by atoms with Crippen LogP contribution in [0.2, 0.25) is 0 Å². The highest BCUT2D eigenvalue weighted by Gasteiger charge is 2.43. The summed E-state index contributed by atoms with van der Waals surface area (Å²) in [6, 6.07) is 12.3. The molecule has 0 aromatic heterocycles. The van der Waals surface area contributed by atoms with Gasteiger partial charge < -0.3 is 4.74 Å². The van der Waals surface area contributed by atoms with Crippen molar-refractivity contribution in [1.29, 1.82) is 0 Å². The van der Waals surface area contributed by atoms with E-state index in [1.54, 1.807) is 60.6 Å². The van der Waals surface area contributed by atoms with E-state index in [0.29, 0.717) is 41.0 Å². The molecule has 0 saturated carbocycles. The molecule has 1 aliphatic carbocycles. The van der Waals surface area contributed by atoms with E-state index in [1.807, 2.05) is 42.5 Å². The number of phosphoric acid groups is 1. The third kappa shape index (κ3) is 9.79. The Labute approximate surface area is 267 Å². The van der Waals surface area contributed by atoms with Crippen LogP contribution < -0.4 is 0 Å². The molecule has 0 spiro atoms. The van der Waals surface area contributed by atoms with Crippen molar-refractivity contribution in [2.24, 2.45) is 10.4 Å². The second-order valence-electron chi connectivity index (χ2n) is 14.7. The van der Waals surface area contributed by atoms with Crippen molar-refractivity contribution in [3.05, 3.63) is 83.2 Å². The minimum atomic E-state index is -3.93. The van der Waals surface area contributed by atoms with Gasteiger partial charge in [0.1, 0.15) is 18.0 Å². The number of aryl methyl sites for hydroxylation is 1. The first-order valence-electron chi connectivity index (χ1n) is 15.4. The normalized spacial score (nSPS) is 20.0. The van der Waals surface area contributed by atoms with E-state index in [9.17, 15) is 9.36 Å². The summed E-state index contributed by atoms with van der Waals surface area (Å²) in [5.41, 5.74) is 0.819. The molecule has 7 nitrogen and oxygen atoms in total. The molecule has 0 fully saturated rings. The Morgan fingerprint density at radius 3 is 2.18 bits per heavy atom. The van der Waals surface area contributed by atoms with Crippen molar-refractivity contribution in [2.45, 2.75) is 98.3 Å². The van der Waals surface area contributed by atoms with Crippen molar-refractivity contribution < 1.29 is 32.1 Å². The summed E-state index contributed by atoms with van der Waals surface area (Å²) >= 11 is 0. The van der Waals surface area contributed by atoms with Gasteiger partial charge in [-0.2, -0.15) is 0 Å². The number of carbonyl (C=O) groups is 1. The molecule has 0 radical (unpaired) electrons. The van der Waals surface area contributed by atoms with Crippen LogP contribution >= 0.6 is 7.82 Å². The Hall–Kier alpha value is -2.90. The van der Waals surface area contributed by atoms with E-state index in [4.69, 9.17) is 23.3 Å². The molecule has 1 heterocycles. The molecule has 45 heavy (non-hydrogen) atoms. The number of halogens is 1. The molecule has 0 bridgehead atoms. The van der Waals surface area contributed by atoms with Crippen molar-refractivity contribution in [2.75, 3.05) is 13.2 Å². The molecule has 244 valence electrons. The van der Waals surface area contributed by atoms with E-state index < -0.39 is 30.4 Å². The number of allylic oxidation sites excluding steroid dienone is 4. The highest BCUT2D eigenvalue weighted by atomic mass is 31.2. The molecular weight excluding hydrogens is 592 g/mol. The highest BCUT2D eigenvalue weighted by molar-refractivity contribution is 7.48. The van der Waals surface area contributed by atoms with Gasteiger partial charge in [-0.3, -0.25) is 18.4 Å². The van der Waals surface area contributed by atoms with Gasteiger partial charge in [-0.1, -0.05) is 68.5 Å². The quantitative estimate of drug-likeness (QED) is 0.180. The maximum absolute atomic E-state index is 15.2. The number of nitrogens with zero attached hydrogens (tertiary/aromatic N) is 1. The van der Waals surface area contributed by atoms with Gasteiger partial charge in [-0.05, 0) is 83.4 Å². The Kier molecular flexibility index (Phi) is 10.2. The maximum Gasteiger partial charge on any atom is 0.475 e. The zero-order chi connectivity index (χ0) is 33.3. The molecule has 2 aromatic rings. The van der Waals surface area contributed by atoms with Gasteiger partial charge in [0.25, 0.3) is 0 Å². The van der Waals surface area contributed by atoms with Gasteiger partial charge in [-0.15, -0.1) is 0 Å². The monoisotopic (exact) mass is 639 g/mol. The third-order valence-corrected chi connectivity index (χ3v) is 9.39. The predicted molar refractivity (Wildman–Crippen MR) is 177 cm³/mol. The van der Waals surface area contributed by atoms with Gasteiger partial charge in [0.05, 0.1) is 17.8 Å². The molecule has 0 saturated heterocycles. The summed E-state index contributed by atoms with van der Waals surface area (Å²) in [5, 5.41) is 0. The van der Waals surface area contributed by atoms with Gasteiger partial charge in [0, 0.05) is 23.6 Å². The first kappa shape index (κ1) is 35.0. The minimum Gasteiger partial charge on any atom is -0.479 e. The lowest BCUT2D eigenvalue weighted by atomic mass is 9.82. The van der Waals surface area contributed by atoms with Crippen molar-refractivity contribution in [3.63, 3.8) is 0 Å². The summed E-state index contributed by atoms with van der Waals surface area (Å²) < 4.78 is 52.1. The zero-order valence-corrected chi connectivity index (χ0v) is 28.9. The highest BCUT2D eigenvalue weighted by Crippen LogP contribution is 2.56. The van der Waals surface area contributed by atoms with Crippen molar-refractivity contribution in [3.8, 4) is 11.1 Å². The summed E-state index contributed by atoms with van der Waals surface area (Å²) in [5.74, 6) is -0.0902. The van der Waals surface area contributed by atoms with Crippen LogP contribution in [0.3, 0.4) is 0 Å². The molecule has 1 aliphatic heterocycles. The van der Waals surface area contributed by atoms with E-state index in [0.717, 1.165) is 12.0 Å². The minimum absolute atomic E-state index is 0.00734. The second kappa shape index (κ2) is 13.1. The lowest BCUT2D eigenvalue weighted by Gasteiger charge is -2.33. The van der Waals surface area contributed by atoms with Gasteiger partial charge in [-0.25, -0.2) is 13.9 Å². The molecular formula is C36H47FNO6P. The number of phosphoric ester groups is 1. The summed E-state index contributed by atoms with van der Waals surface area (Å²) in [7, 11) is -3.93. The fraction of sp³-hybridized carbons (Fsp3) is 0.500. The number of rotatable bonds is 11. The summed E-state index contributed by atoms with van der Waals surface area (Å²) in [6.07, 6.45) is 7.73. The largest absolute Gasteiger partial charge is 0.479 e. The average molecular weight is 640 g/mol. The van der Waals surface area contributed by atoms with Crippen LogP contribution in [0.15, 0.2) is 71.3 Å². The molecule has 2 aliphatic rings. The van der Waals surface area contributed by atoms with E-state index >= 15 is 4.39 Å². The number of hydrogen-bond acceptors (Lipinski definition) is 7. The number of Topliss-reactive ketones (excluding diaryl/α,β-unsaturated/α-hetero) is 1. The standard InChI is InChI=1S/C36H47FNO6P/c1-25-38-36(23-41-25,24-42-45(40,43-33(2,3)4)44-34(5,6)7)21-16-26-10-12-27(13-11-26)30-15-14-29(22-31(30)37)32(39)28-17-19-35(8,9)20-18-28/h10-15,17-19,22H,16,20-21,23-24H2,1-9H3. The number of hydrogen-bond donors (Lipinski definition) is 0. The number of aliphatic imine (C=N–C) groups is 1. The first-order chi connectivity index (χ1) is 20.8. The van der Waals surface area contributed by atoms with Crippen LogP contribution in [0.5, 0.6) is 0 Å². The van der Waals surface area contributed by atoms with Crippen LogP contribution in [-0.4, -0.2) is 41.6 Å². The Morgan fingerprint density at radius 1 is 1.02 bits per heavy atom. The van der Waals surface area contributed by atoms with E-state index in [1.165, 1.54) is 6.07 Å². The van der Waals surface area contributed by atoms with E-state index in [-0.39, 0.29) is 24.4 Å². The van der Waals surface area contributed by atoms with Crippen molar-refractivity contribution in [1.82, 2.24) is 0 Å². The van der Waals surface area contributed by atoms with Crippen molar-refractivity contribution >= 4 is 19.5 Å². The Balaban J connectivity index is 1.44. The fourth-order valence-corrected chi connectivity index (χ4v) is 7.01. The maximum atomic E-state index is 15.2. The first-order valence-corrected chi connectivity index (χ1v) is 16.9. The molecule has 0 N–H and O–H groups in total. The van der Waals surface area contributed by atoms with Crippen LogP contribution in [0, 0.1) is 11.2 Å². The zero-order valence-electron chi connectivity index (χ0n) is 28.0. The van der Waals surface area contributed by atoms with Crippen LogP contribution in [0.25, 0.3) is 11.1 Å². The molecule has 1 atom stereocenters. The number of ketones is 1. The summed E-state index contributed by atoms with van der Waals surface area (Å²) in [4.78, 5) is 17.7. The number of carbonyl (C=O) groups excluding carboxylic acids is 1. The molecule has 9 heteroatoms. The molecule has 2 aromatic carbocycles. The lowest BCUT2D eigenvalue weighted by molar-refractivity contribution is -0.00467. The summed E-state index contributed by atoms with van der Waals surface area (Å²) in [6.45, 7) is 17.0. The Bertz CT molecular complexity index is 1520. The van der Waals surface area contributed by atoms with Gasteiger partial charge >= 0.3 is 7.82 Å². The predicted octanol–water partition coefficient (Wildman–Crippen LogP) is 9.46. The molecule has 0 amide bonds. The molecule has 1 unspecified atom stereocenters. The average Bonchev–Trinajstić information content (AvgIpc) is 3.29. The number of benzene rings is 2. The van der Waals surface area contributed by atoms with Crippen LogP contribution in [0.1, 0.15) is 91.1 Å². The van der Waals surface area contributed by atoms with Crippen LogP contribution in [0.4, 0.5) is 4.39 Å². The Morgan fingerprint density at radius 2 is 1.67 bits per heavy atom. The van der Waals surface area contributed by atoms with Gasteiger partial charge in [0.2, 0.25) is 0 Å². The van der Waals surface area contributed by atoms with E-state index in [2.05, 4.69) is 13.8 Å². The van der Waals surface area contributed by atoms with Crippen LogP contribution in [-0.2, 0) is 29.3 Å². The topological polar surface area (TPSA) is 83.4 Å². The SMILES string of the molecule is CC1=NC(CCc2ccc(-c3ccc(C(=O)C4=CCC(C)(C)C=C4)cc3F)cc2)(COP(=O)(OC(C)(C)C)OC(C)(C)C)CO1. The lowest BCUT2D eigenvalue weighted by Crippen LogP contribution is -2.36. The third-order valence-electron chi connectivity index (χ3n) is 7.41. The fourth-order valence-electron chi connectivity index (χ4n) is 5.13. The molecule has 4 rings (SSSR count). The smallest absolute Gasteiger partial charge is 0.475 e. The van der Waals surface area contributed by atoms with Gasteiger partial charge in [0.15, 0.2) is 11.7 Å². The number of ether oxygens (including phenoxy) is 1.